The Morgan fingerprint density at radius 3 is 2.84 bits per heavy atom. The number of carbonyl (C=O) groups excluding carboxylic acids is 1. The minimum atomic E-state index is -0.344. The highest BCUT2D eigenvalue weighted by Crippen LogP contribution is 2.28. The van der Waals surface area contributed by atoms with Gasteiger partial charge in [0, 0.05) is 19.1 Å². The van der Waals surface area contributed by atoms with Gasteiger partial charge in [-0.15, -0.1) is 0 Å². The molecule has 5 nitrogen and oxygen atoms in total. The molecule has 19 heavy (non-hydrogen) atoms. The molecule has 1 amide bonds. The van der Waals surface area contributed by atoms with Gasteiger partial charge in [-0.3, -0.25) is 15.1 Å². The molecule has 1 aliphatic rings. The summed E-state index contributed by atoms with van der Waals surface area (Å²) < 4.78 is 0. The van der Waals surface area contributed by atoms with E-state index in [4.69, 9.17) is 5.84 Å². The SMILES string of the molecule is CC(C)CN(Cc1cccc(C(=O)NN)n1)C1CC1. The highest BCUT2D eigenvalue weighted by molar-refractivity contribution is 5.91. The second kappa shape index (κ2) is 6.12. The van der Waals surface area contributed by atoms with Crippen LogP contribution in [0.25, 0.3) is 0 Å². The van der Waals surface area contributed by atoms with Crippen molar-refractivity contribution in [1.82, 2.24) is 15.3 Å². The fourth-order valence-corrected chi connectivity index (χ4v) is 2.23. The van der Waals surface area contributed by atoms with Crippen LogP contribution in [0.1, 0.15) is 42.9 Å². The summed E-state index contributed by atoms with van der Waals surface area (Å²) in [5.41, 5.74) is 3.41. The first-order chi connectivity index (χ1) is 9.10. The Morgan fingerprint density at radius 1 is 1.53 bits per heavy atom. The summed E-state index contributed by atoms with van der Waals surface area (Å²) in [5.74, 6) is 5.42. The molecule has 0 bridgehead atoms. The van der Waals surface area contributed by atoms with Crippen molar-refractivity contribution in [1.29, 1.82) is 0 Å². The van der Waals surface area contributed by atoms with E-state index < -0.39 is 0 Å². The van der Waals surface area contributed by atoms with E-state index in [-0.39, 0.29) is 5.91 Å². The van der Waals surface area contributed by atoms with Crippen molar-refractivity contribution in [3.8, 4) is 0 Å². The highest BCUT2D eigenvalue weighted by atomic mass is 16.2. The van der Waals surface area contributed by atoms with Crippen LogP contribution in [0.3, 0.4) is 0 Å². The average molecular weight is 262 g/mol. The van der Waals surface area contributed by atoms with Crippen molar-refractivity contribution in [2.24, 2.45) is 11.8 Å². The normalized spacial score (nSPS) is 15.0. The van der Waals surface area contributed by atoms with Gasteiger partial charge < -0.3 is 0 Å². The van der Waals surface area contributed by atoms with Crippen LogP contribution in [-0.2, 0) is 6.54 Å². The smallest absolute Gasteiger partial charge is 0.283 e. The lowest BCUT2D eigenvalue weighted by molar-refractivity contribution is 0.0948. The summed E-state index contributed by atoms with van der Waals surface area (Å²) in [6, 6.07) is 6.18. The zero-order valence-corrected chi connectivity index (χ0v) is 11.6. The number of pyridine rings is 1. The van der Waals surface area contributed by atoms with E-state index in [9.17, 15) is 4.79 Å². The van der Waals surface area contributed by atoms with E-state index in [1.165, 1.54) is 12.8 Å². The molecule has 1 fully saturated rings. The zero-order chi connectivity index (χ0) is 13.8. The van der Waals surface area contributed by atoms with E-state index in [0.717, 1.165) is 18.8 Å². The fourth-order valence-electron chi connectivity index (χ4n) is 2.23. The second-order valence-electron chi connectivity index (χ2n) is 5.54. The number of carbonyl (C=O) groups is 1. The standard InChI is InChI=1S/C14H22N4O/c1-10(2)8-18(12-6-7-12)9-11-4-3-5-13(16-11)14(19)17-15/h3-5,10,12H,6-9,15H2,1-2H3,(H,17,19). The Morgan fingerprint density at radius 2 is 2.26 bits per heavy atom. The van der Waals surface area contributed by atoms with Crippen molar-refractivity contribution in [2.75, 3.05) is 6.54 Å². The van der Waals surface area contributed by atoms with E-state index in [1.807, 2.05) is 12.1 Å². The van der Waals surface area contributed by atoms with E-state index in [0.29, 0.717) is 17.7 Å². The Hall–Kier alpha value is -1.46. The lowest BCUT2D eigenvalue weighted by Crippen LogP contribution is -2.32. The molecule has 0 unspecified atom stereocenters. The number of hydrazine groups is 1. The third-order valence-corrected chi connectivity index (χ3v) is 3.20. The fraction of sp³-hybridized carbons (Fsp3) is 0.571. The van der Waals surface area contributed by atoms with Crippen LogP contribution < -0.4 is 11.3 Å². The van der Waals surface area contributed by atoms with Crippen LogP contribution in [0, 0.1) is 5.92 Å². The summed E-state index contributed by atoms with van der Waals surface area (Å²) >= 11 is 0. The van der Waals surface area contributed by atoms with Crippen LogP contribution in [0.2, 0.25) is 0 Å². The lowest BCUT2D eigenvalue weighted by Gasteiger charge is -2.23. The first-order valence-corrected chi connectivity index (χ1v) is 6.81. The first kappa shape index (κ1) is 14.0. The van der Waals surface area contributed by atoms with Crippen molar-refractivity contribution < 1.29 is 4.79 Å². The van der Waals surface area contributed by atoms with Crippen LogP contribution >= 0.6 is 0 Å². The second-order valence-corrected chi connectivity index (χ2v) is 5.54. The van der Waals surface area contributed by atoms with Gasteiger partial charge in [0.2, 0.25) is 0 Å². The average Bonchev–Trinajstić information content (AvgIpc) is 3.21. The molecule has 1 aromatic rings. The number of hydrogen-bond acceptors (Lipinski definition) is 4. The minimum absolute atomic E-state index is 0.344. The van der Waals surface area contributed by atoms with E-state index in [1.54, 1.807) is 6.07 Å². The number of amides is 1. The third kappa shape index (κ3) is 4.01. The molecule has 1 saturated carbocycles. The predicted octanol–water partition coefficient (Wildman–Crippen LogP) is 1.31. The van der Waals surface area contributed by atoms with Crippen molar-refractivity contribution in [3.05, 3.63) is 29.6 Å². The Labute approximate surface area is 114 Å². The molecule has 1 aromatic heterocycles. The summed E-state index contributed by atoms with van der Waals surface area (Å²) in [6.45, 7) is 6.32. The van der Waals surface area contributed by atoms with Gasteiger partial charge in [-0.1, -0.05) is 19.9 Å². The molecule has 0 radical (unpaired) electrons. The number of rotatable bonds is 6. The summed E-state index contributed by atoms with van der Waals surface area (Å²) in [5, 5.41) is 0. The molecule has 0 atom stereocenters. The van der Waals surface area contributed by atoms with Crippen LogP contribution in [0.5, 0.6) is 0 Å². The maximum Gasteiger partial charge on any atom is 0.283 e. The van der Waals surface area contributed by atoms with Crippen molar-refractivity contribution >= 4 is 5.91 Å². The number of nitrogens with one attached hydrogen (secondary N) is 1. The van der Waals surface area contributed by atoms with Gasteiger partial charge in [-0.05, 0) is 30.9 Å². The third-order valence-electron chi connectivity index (χ3n) is 3.20. The van der Waals surface area contributed by atoms with Gasteiger partial charge in [0.15, 0.2) is 0 Å². The molecule has 1 aliphatic carbocycles. The number of hydrogen-bond donors (Lipinski definition) is 2. The molecular formula is C14H22N4O. The molecule has 0 aliphatic heterocycles. The Balaban J connectivity index is 2.06. The van der Waals surface area contributed by atoms with Crippen LogP contribution in [0.15, 0.2) is 18.2 Å². The molecule has 0 saturated heterocycles. The van der Waals surface area contributed by atoms with Gasteiger partial charge in [-0.25, -0.2) is 10.8 Å². The zero-order valence-electron chi connectivity index (χ0n) is 11.6. The van der Waals surface area contributed by atoms with Gasteiger partial charge in [0.1, 0.15) is 5.69 Å². The van der Waals surface area contributed by atoms with Gasteiger partial charge in [0.05, 0.1) is 5.69 Å². The molecule has 2 rings (SSSR count). The highest BCUT2D eigenvalue weighted by Gasteiger charge is 2.29. The van der Waals surface area contributed by atoms with E-state index in [2.05, 4.69) is 29.2 Å². The number of nitrogens with zero attached hydrogens (tertiary/aromatic N) is 2. The summed E-state index contributed by atoms with van der Waals surface area (Å²) in [7, 11) is 0. The summed E-state index contributed by atoms with van der Waals surface area (Å²) in [6.07, 6.45) is 2.55. The molecule has 5 heteroatoms. The molecule has 1 heterocycles. The molecular weight excluding hydrogens is 240 g/mol. The van der Waals surface area contributed by atoms with Crippen molar-refractivity contribution in [2.45, 2.75) is 39.3 Å². The predicted molar refractivity (Wildman–Crippen MR) is 74.2 cm³/mol. The monoisotopic (exact) mass is 262 g/mol. The molecule has 0 spiro atoms. The quantitative estimate of drug-likeness (QED) is 0.460. The summed E-state index contributed by atoms with van der Waals surface area (Å²) in [4.78, 5) is 18.3. The number of aromatic nitrogens is 1. The topological polar surface area (TPSA) is 71.2 Å². The molecule has 0 aromatic carbocycles. The largest absolute Gasteiger partial charge is 0.294 e. The molecule has 104 valence electrons. The Bertz CT molecular complexity index is 443. The number of nitrogen functional groups attached to an aromatic ring is 1. The first-order valence-electron chi connectivity index (χ1n) is 6.81. The maximum atomic E-state index is 11.5. The Kier molecular flexibility index (Phi) is 4.50. The van der Waals surface area contributed by atoms with Gasteiger partial charge >= 0.3 is 0 Å². The van der Waals surface area contributed by atoms with Gasteiger partial charge in [-0.2, -0.15) is 0 Å². The maximum absolute atomic E-state index is 11.5. The van der Waals surface area contributed by atoms with Crippen LogP contribution in [0.4, 0.5) is 0 Å². The van der Waals surface area contributed by atoms with Crippen LogP contribution in [-0.4, -0.2) is 28.4 Å². The van der Waals surface area contributed by atoms with E-state index >= 15 is 0 Å². The lowest BCUT2D eigenvalue weighted by atomic mass is 10.2. The van der Waals surface area contributed by atoms with Gasteiger partial charge in [0.25, 0.3) is 5.91 Å². The minimum Gasteiger partial charge on any atom is -0.294 e. The molecule has 3 N–H and O–H groups in total. The number of nitrogens with two attached hydrogens (primary N) is 1. The van der Waals surface area contributed by atoms with Crippen molar-refractivity contribution in [3.63, 3.8) is 0 Å².